The van der Waals surface area contributed by atoms with Crippen LogP contribution in [0.1, 0.15) is 0 Å². The molecule has 3 N–H and O–H groups in total. The highest BCUT2D eigenvalue weighted by Gasteiger charge is 2.49. The summed E-state index contributed by atoms with van der Waals surface area (Å²) >= 11 is 0. The molecule has 1 amide bonds. The van der Waals surface area contributed by atoms with Gasteiger partial charge in [-0.25, -0.2) is 26.7 Å². The molecular formula is C9H7F5N2O3S. The van der Waals surface area contributed by atoms with Crippen LogP contribution in [-0.2, 0) is 14.8 Å². The summed E-state index contributed by atoms with van der Waals surface area (Å²) in [6.45, 7) is 0. The molecule has 0 aliphatic heterocycles. The van der Waals surface area contributed by atoms with Crippen molar-refractivity contribution in [2.24, 2.45) is 5.14 Å². The fourth-order valence-corrected chi connectivity index (χ4v) is 1.83. The molecule has 0 spiro atoms. The summed E-state index contributed by atoms with van der Waals surface area (Å²) in [7, 11) is -4.48. The Morgan fingerprint density at radius 2 is 1.85 bits per heavy atom. The average Bonchev–Trinajstić information content (AvgIpc) is 2.26. The number of nitrogens with one attached hydrogen (secondary N) is 1. The Hall–Kier alpha value is -1.75. The van der Waals surface area contributed by atoms with E-state index in [1.807, 2.05) is 0 Å². The molecule has 0 aliphatic rings. The lowest BCUT2D eigenvalue weighted by molar-refractivity contribution is -0.163. The van der Waals surface area contributed by atoms with E-state index in [0.29, 0.717) is 18.2 Å². The van der Waals surface area contributed by atoms with Crippen LogP contribution in [0.4, 0.5) is 27.6 Å². The zero-order valence-electron chi connectivity index (χ0n) is 9.41. The molecular weight excluding hydrogens is 311 g/mol. The number of alkyl halides is 4. The fraction of sp³-hybridized carbons (Fsp3) is 0.222. The average molecular weight is 318 g/mol. The molecule has 0 saturated heterocycles. The minimum atomic E-state index is -5.07. The number of carbonyl (C=O) groups is 1. The molecule has 0 bridgehead atoms. The molecule has 0 heterocycles. The van der Waals surface area contributed by atoms with Crippen molar-refractivity contribution in [2.75, 3.05) is 5.32 Å². The monoisotopic (exact) mass is 318 g/mol. The van der Waals surface area contributed by atoms with E-state index >= 15 is 0 Å². The van der Waals surface area contributed by atoms with Crippen molar-refractivity contribution >= 4 is 21.6 Å². The first-order valence-electron chi connectivity index (χ1n) is 4.76. The number of anilines is 1. The van der Waals surface area contributed by atoms with Crippen LogP contribution in [0.3, 0.4) is 0 Å². The Morgan fingerprint density at radius 3 is 2.30 bits per heavy atom. The van der Waals surface area contributed by atoms with Gasteiger partial charge in [0, 0.05) is 0 Å². The van der Waals surface area contributed by atoms with Gasteiger partial charge in [-0.2, -0.15) is 8.78 Å². The van der Waals surface area contributed by atoms with Crippen LogP contribution in [-0.4, -0.2) is 26.7 Å². The second-order valence-corrected chi connectivity index (χ2v) is 5.09. The standard InChI is InChI=1S/C9H7F5N2O3S/c10-4-1-2-6(20(15,18)19)5(3-4)16-8(17)9(13,14)7(11)12/h1-3,7H,(H,16,17)(H2,15,18,19). The van der Waals surface area contributed by atoms with E-state index in [1.54, 1.807) is 0 Å². The molecule has 112 valence electrons. The van der Waals surface area contributed by atoms with Crippen molar-refractivity contribution in [1.82, 2.24) is 0 Å². The van der Waals surface area contributed by atoms with Gasteiger partial charge < -0.3 is 5.32 Å². The second kappa shape index (κ2) is 5.32. The van der Waals surface area contributed by atoms with Crippen LogP contribution in [0.25, 0.3) is 0 Å². The molecule has 0 saturated carbocycles. The van der Waals surface area contributed by atoms with E-state index in [4.69, 9.17) is 5.14 Å². The molecule has 0 unspecified atom stereocenters. The number of rotatable bonds is 4. The van der Waals surface area contributed by atoms with Gasteiger partial charge in [-0.1, -0.05) is 0 Å². The van der Waals surface area contributed by atoms with Crippen LogP contribution in [0.2, 0.25) is 0 Å². The second-order valence-electron chi connectivity index (χ2n) is 3.56. The molecule has 0 radical (unpaired) electrons. The van der Waals surface area contributed by atoms with E-state index in [1.165, 1.54) is 5.32 Å². The van der Waals surface area contributed by atoms with Gasteiger partial charge >= 0.3 is 18.3 Å². The van der Waals surface area contributed by atoms with Gasteiger partial charge in [-0.3, -0.25) is 4.79 Å². The summed E-state index contributed by atoms with van der Waals surface area (Å²) in [5.74, 6) is -8.64. The predicted molar refractivity (Wildman–Crippen MR) is 57.4 cm³/mol. The molecule has 0 aliphatic carbocycles. The molecule has 5 nitrogen and oxygen atoms in total. The molecule has 1 rings (SSSR count). The number of nitrogens with two attached hydrogens (primary N) is 1. The van der Waals surface area contributed by atoms with Crippen molar-refractivity contribution in [3.8, 4) is 0 Å². The van der Waals surface area contributed by atoms with Crippen LogP contribution in [0, 0.1) is 5.82 Å². The third-order valence-electron chi connectivity index (χ3n) is 2.07. The normalized spacial score (nSPS) is 12.6. The lowest BCUT2D eigenvalue weighted by atomic mass is 10.2. The smallest absolute Gasteiger partial charge is 0.319 e. The lowest BCUT2D eigenvalue weighted by Gasteiger charge is -2.16. The van der Waals surface area contributed by atoms with Crippen molar-refractivity contribution in [3.63, 3.8) is 0 Å². The largest absolute Gasteiger partial charge is 0.383 e. The van der Waals surface area contributed by atoms with Gasteiger partial charge in [-0.05, 0) is 18.2 Å². The molecule has 1 aromatic rings. The Kier molecular flexibility index (Phi) is 4.34. The Balaban J connectivity index is 3.22. The third-order valence-corrected chi connectivity index (χ3v) is 3.04. The number of amides is 1. The quantitative estimate of drug-likeness (QED) is 0.820. The Morgan fingerprint density at radius 1 is 1.30 bits per heavy atom. The summed E-state index contributed by atoms with van der Waals surface area (Å²) < 4.78 is 84.5. The van der Waals surface area contributed by atoms with Gasteiger partial charge in [-0.15, -0.1) is 0 Å². The number of sulfonamides is 1. The van der Waals surface area contributed by atoms with E-state index in [2.05, 4.69) is 0 Å². The SMILES string of the molecule is NS(=O)(=O)c1ccc(F)cc1NC(=O)C(F)(F)C(F)F. The maximum atomic E-state index is 12.9. The van der Waals surface area contributed by atoms with Gasteiger partial charge in [0.15, 0.2) is 0 Å². The number of hydrogen-bond acceptors (Lipinski definition) is 3. The molecule has 11 heteroatoms. The van der Waals surface area contributed by atoms with Crippen molar-refractivity contribution in [3.05, 3.63) is 24.0 Å². The van der Waals surface area contributed by atoms with Crippen LogP contribution in [0.5, 0.6) is 0 Å². The first-order chi connectivity index (χ1) is 8.96. The van der Waals surface area contributed by atoms with E-state index in [0.717, 1.165) is 0 Å². The van der Waals surface area contributed by atoms with E-state index in [-0.39, 0.29) is 0 Å². The van der Waals surface area contributed by atoms with Crippen molar-refractivity contribution in [2.45, 2.75) is 17.2 Å². The summed E-state index contributed by atoms with van der Waals surface area (Å²) in [5.41, 5.74) is -0.960. The maximum Gasteiger partial charge on any atom is 0.383 e. The number of primary sulfonamides is 1. The highest BCUT2D eigenvalue weighted by Crippen LogP contribution is 2.27. The summed E-state index contributed by atoms with van der Waals surface area (Å²) in [4.78, 5) is 10.1. The minimum absolute atomic E-state index is 0.360. The maximum absolute atomic E-state index is 12.9. The third kappa shape index (κ3) is 3.42. The van der Waals surface area contributed by atoms with E-state index < -0.39 is 44.7 Å². The summed E-state index contributed by atoms with van der Waals surface area (Å²) in [6, 6.07) is 1.60. The molecule has 0 atom stereocenters. The van der Waals surface area contributed by atoms with Gasteiger partial charge in [0.05, 0.1) is 5.69 Å². The molecule has 0 aromatic heterocycles. The number of halogens is 5. The minimum Gasteiger partial charge on any atom is -0.319 e. The first-order valence-corrected chi connectivity index (χ1v) is 6.30. The predicted octanol–water partition coefficient (Wildman–Crippen LogP) is 1.31. The van der Waals surface area contributed by atoms with Crippen LogP contribution >= 0.6 is 0 Å². The number of hydrogen-bond donors (Lipinski definition) is 2. The number of benzene rings is 1. The molecule has 1 aromatic carbocycles. The zero-order chi connectivity index (χ0) is 15.7. The van der Waals surface area contributed by atoms with Crippen LogP contribution in [0.15, 0.2) is 23.1 Å². The van der Waals surface area contributed by atoms with Gasteiger partial charge in [0.2, 0.25) is 10.0 Å². The highest BCUT2D eigenvalue weighted by molar-refractivity contribution is 7.89. The van der Waals surface area contributed by atoms with Crippen molar-refractivity contribution < 1.29 is 35.2 Å². The highest BCUT2D eigenvalue weighted by atomic mass is 32.2. The zero-order valence-corrected chi connectivity index (χ0v) is 10.2. The van der Waals surface area contributed by atoms with Crippen LogP contribution < -0.4 is 10.5 Å². The number of carbonyl (C=O) groups excluding carboxylic acids is 1. The molecule has 20 heavy (non-hydrogen) atoms. The van der Waals surface area contributed by atoms with Crippen molar-refractivity contribution in [1.29, 1.82) is 0 Å². The summed E-state index contributed by atoms with van der Waals surface area (Å²) in [5, 5.41) is 5.93. The Bertz CT molecular complexity index is 632. The van der Waals surface area contributed by atoms with E-state index in [9.17, 15) is 35.2 Å². The first kappa shape index (κ1) is 16.3. The topological polar surface area (TPSA) is 89.3 Å². The Labute approximate surface area is 109 Å². The van der Waals surface area contributed by atoms with Gasteiger partial charge in [0.25, 0.3) is 0 Å². The fourth-order valence-electron chi connectivity index (χ4n) is 1.15. The lowest BCUT2D eigenvalue weighted by Crippen LogP contribution is -2.41. The molecule has 0 fully saturated rings. The van der Waals surface area contributed by atoms with Gasteiger partial charge in [0.1, 0.15) is 10.7 Å². The summed E-state index contributed by atoms with van der Waals surface area (Å²) in [6.07, 6.45) is -4.31.